The summed E-state index contributed by atoms with van der Waals surface area (Å²) in [6, 6.07) is 37.2. The quantitative estimate of drug-likeness (QED) is 0.0595. The highest BCUT2D eigenvalue weighted by Gasteiger charge is 2.29. The summed E-state index contributed by atoms with van der Waals surface area (Å²) in [5, 5.41) is 15.0. The van der Waals surface area contributed by atoms with Crippen molar-refractivity contribution in [1.29, 1.82) is 0 Å². The van der Waals surface area contributed by atoms with Gasteiger partial charge in [-0.2, -0.15) is 0 Å². The highest BCUT2D eigenvalue weighted by Crippen LogP contribution is 2.44. The van der Waals surface area contributed by atoms with E-state index in [9.17, 15) is 19.5 Å². The number of carboxylic acid groups (broad SMARTS) is 1. The second-order valence-corrected chi connectivity index (χ2v) is 33.3. The Hall–Kier alpha value is -8.51. The van der Waals surface area contributed by atoms with Crippen LogP contribution in [0.25, 0.3) is 90.9 Å². The van der Waals surface area contributed by atoms with Gasteiger partial charge in [0.25, 0.3) is 0 Å². The van der Waals surface area contributed by atoms with E-state index in [-0.39, 0.29) is 51.2 Å². The van der Waals surface area contributed by atoms with Gasteiger partial charge in [0.2, 0.25) is 5.91 Å². The van der Waals surface area contributed by atoms with Crippen LogP contribution >= 0.6 is 0 Å². The molecule has 2 aliphatic heterocycles. The van der Waals surface area contributed by atoms with Crippen molar-refractivity contribution in [2.75, 3.05) is 13.2 Å². The Kier molecular flexibility index (Phi) is 20.1. The predicted octanol–water partition coefficient (Wildman–Crippen LogP) is 20.5. The van der Waals surface area contributed by atoms with Gasteiger partial charge in [-0.05, 0) is 195 Å². The molecule has 0 aliphatic carbocycles. The summed E-state index contributed by atoms with van der Waals surface area (Å²) in [6.45, 7) is 47.1. The smallest absolute Gasteiger partial charge is 0.408 e. The van der Waals surface area contributed by atoms with Gasteiger partial charge in [-0.15, -0.1) is 0 Å². The van der Waals surface area contributed by atoms with Crippen LogP contribution in [0.2, 0.25) is 0 Å². The zero-order valence-corrected chi connectivity index (χ0v) is 60.5. The Bertz CT molecular complexity index is 4110. The number of carbonyl (C=O) groups is 3. The first-order valence-corrected chi connectivity index (χ1v) is 34.0. The molecule has 0 radical (unpaired) electrons. The van der Waals surface area contributed by atoms with Gasteiger partial charge in [0.05, 0.1) is 29.4 Å². The molecule has 0 saturated carbocycles. The van der Waals surface area contributed by atoms with Crippen molar-refractivity contribution in [3.63, 3.8) is 0 Å². The fraction of sp³-hybridized carbons (Fsp3) is 0.434. The number of nitrogens with zero attached hydrogens (tertiary/aromatic N) is 2. The van der Waals surface area contributed by atoms with E-state index in [2.05, 4.69) is 261 Å². The fourth-order valence-electron chi connectivity index (χ4n) is 12.0. The molecule has 4 aromatic carbocycles. The van der Waals surface area contributed by atoms with Crippen LogP contribution in [0.3, 0.4) is 0 Å². The molecule has 95 heavy (non-hydrogen) atoms. The van der Waals surface area contributed by atoms with Crippen LogP contribution in [0.1, 0.15) is 234 Å². The number of hydrogen-bond acceptors (Lipinski definition) is 7. The van der Waals surface area contributed by atoms with E-state index >= 15 is 0 Å². The molecule has 502 valence electrons. The van der Waals surface area contributed by atoms with Gasteiger partial charge in [0.1, 0.15) is 17.4 Å². The standard InChI is InChI=1S/C83H104N6O6/c1-77(2,3)54-41-51(42-55(47-54)78(4,5)6)72-63-33-31-61(85-63)71(50-27-29-60(30-28-50)94-40-24-26-70(90)84-39-23-22-25-69(75(91)92)89-76(93)95-83(19,20)21)62-32-34-64(86-62)73(52-43-56(79(7,8)9)48-57(44-52)80(10,11)12)66-36-38-68(88-66)74(67-37-35-65(72)87-67)53-45-58(81(13,14)15)49-59(46-53)82(16,17)18/h27-38,41-49,69,85,88H,22-26,39-40H2,1-21H3,(H,84,90)(H,89,93)(H,91,92)/t69-/m0/s1. The number of aromatic amines is 2. The number of fused-ring (bicyclic) bond motifs is 8. The zero-order valence-electron chi connectivity index (χ0n) is 60.5. The molecule has 1 atom stereocenters. The molecule has 0 saturated heterocycles. The molecule has 12 nitrogen and oxygen atoms in total. The average Bonchev–Trinajstić information content (AvgIpc) is 1.71. The third-order valence-electron chi connectivity index (χ3n) is 17.8. The first-order chi connectivity index (χ1) is 44.1. The molecular weight excluding hydrogens is 1180 g/mol. The maximum Gasteiger partial charge on any atom is 0.408 e. The van der Waals surface area contributed by atoms with E-state index in [4.69, 9.17) is 19.4 Å². The maximum atomic E-state index is 12.9. The lowest BCUT2D eigenvalue weighted by Gasteiger charge is -2.26. The number of unbranched alkanes of at least 4 members (excludes halogenated alkanes) is 1. The minimum Gasteiger partial charge on any atom is -0.494 e. The average molecular weight is 1280 g/mol. The van der Waals surface area contributed by atoms with Crippen molar-refractivity contribution in [1.82, 2.24) is 30.6 Å². The maximum absolute atomic E-state index is 12.9. The zero-order chi connectivity index (χ0) is 69.5. The Morgan fingerprint density at radius 2 is 0.779 bits per heavy atom. The van der Waals surface area contributed by atoms with Crippen LogP contribution in [0.4, 0.5) is 4.79 Å². The van der Waals surface area contributed by atoms with Gasteiger partial charge < -0.3 is 35.2 Å². The topological polar surface area (TPSA) is 171 Å². The number of carboxylic acids is 1. The summed E-state index contributed by atoms with van der Waals surface area (Å²) in [4.78, 5) is 56.6. The van der Waals surface area contributed by atoms with Gasteiger partial charge in [0, 0.05) is 57.3 Å². The van der Waals surface area contributed by atoms with E-state index in [0.717, 1.165) is 89.4 Å². The predicted molar refractivity (Wildman–Crippen MR) is 395 cm³/mol. The van der Waals surface area contributed by atoms with Crippen LogP contribution in [-0.2, 0) is 46.8 Å². The molecule has 0 unspecified atom stereocenters. The number of aliphatic carboxylic acids is 1. The number of nitrogens with one attached hydrogen (secondary N) is 4. The summed E-state index contributed by atoms with van der Waals surface area (Å²) in [5.74, 6) is -0.583. The molecule has 0 spiro atoms. The van der Waals surface area contributed by atoms with Crippen LogP contribution in [0.5, 0.6) is 5.75 Å². The molecule has 5 heterocycles. The number of hydrogen-bond donors (Lipinski definition) is 5. The monoisotopic (exact) mass is 1280 g/mol. The van der Waals surface area contributed by atoms with Crippen LogP contribution in [0.15, 0.2) is 103 Å². The number of H-pyrrole nitrogens is 2. The molecule has 2 aliphatic rings. The minimum atomic E-state index is -1.14. The Morgan fingerprint density at radius 3 is 1.09 bits per heavy atom. The highest BCUT2D eigenvalue weighted by atomic mass is 16.6. The van der Waals surface area contributed by atoms with E-state index in [1.54, 1.807) is 20.8 Å². The molecular formula is C83H104N6O6. The number of carbonyl (C=O) groups excluding carboxylic acids is 2. The SMILES string of the molecule is CC(C)(C)OC(=O)N[C@@H](CCCCNC(=O)CCCOc1ccc(-c2c3nc(c(-c4cc(C(C)(C)C)cc(C(C)(C)C)c4)c4ccc([nH]4)c(-c4cc(C(C)(C)C)cc(C(C)(C)C)c4)c4nc(c(-c5cc(C(C)(C)C)cc(C(C)(C)C)c5)c5ccc2[nH]5)C=C4)C=C3)cc1)C(=O)O. The van der Waals surface area contributed by atoms with Crippen LogP contribution in [-0.4, -0.2) is 67.8 Å². The molecule has 7 aromatic rings. The van der Waals surface area contributed by atoms with Crippen molar-refractivity contribution >= 4 is 64.3 Å². The number of ether oxygens (including phenoxy) is 2. The first-order valence-electron chi connectivity index (χ1n) is 34.0. The van der Waals surface area contributed by atoms with Gasteiger partial charge in [-0.1, -0.05) is 191 Å². The lowest BCUT2D eigenvalue weighted by molar-refractivity contribution is -0.139. The highest BCUT2D eigenvalue weighted by molar-refractivity contribution is 6.00. The Morgan fingerprint density at radius 1 is 0.442 bits per heavy atom. The normalized spacial score (nSPS) is 13.4. The van der Waals surface area contributed by atoms with Gasteiger partial charge in [0.15, 0.2) is 0 Å². The second kappa shape index (κ2) is 26.9. The van der Waals surface area contributed by atoms with Gasteiger partial charge in [-0.3, -0.25) is 4.79 Å². The minimum absolute atomic E-state index is 0.117. The van der Waals surface area contributed by atoms with Crippen molar-refractivity contribution in [3.8, 4) is 50.3 Å². The van der Waals surface area contributed by atoms with Crippen molar-refractivity contribution < 1.29 is 29.0 Å². The summed E-state index contributed by atoms with van der Waals surface area (Å²) in [6.07, 6.45) is 9.96. The van der Waals surface area contributed by atoms with E-state index in [1.807, 2.05) is 12.1 Å². The number of rotatable bonds is 16. The molecule has 3 aromatic heterocycles. The first kappa shape index (κ1) is 70.8. The molecule has 8 bridgehead atoms. The van der Waals surface area contributed by atoms with Gasteiger partial charge >= 0.3 is 12.1 Å². The molecule has 0 fully saturated rings. The summed E-state index contributed by atoms with van der Waals surface area (Å²) >= 11 is 0. The molecule has 5 N–H and O–H groups in total. The van der Waals surface area contributed by atoms with Crippen LogP contribution < -0.4 is 15.4 Å². The van der Waals surface area contributed by atoms with Crippen molar-refractivity contribution in [3.05, 3.63) is 159 Å². The molecule has 9 rings (SSSR count). The summed E-state index contributed by atoms with van der Waals surface area (Å²) < 4.78 is 11.5. The lowest BCUT2D eigenvalue weighted by atomic mass is 9.78. The number of aromatic nitrogens is 4. The lowest BCUT2D eigenvalue weighted by Crippen LogP contribution is -2.43. The van der Waals surface area contributed by atoms with Crippen molar-refractivity contribution in [2.24, 2.45) is 0 Å². The molecule has 2 amide bonds. The fourth-order valence-corrected chi connectivity index (χ4v) is 12.0. The Labute approximate surface area is 565 Å². The number of amides is 2. The number of alkyl carbamates (subject to hydrolysis) is 1. The molecule has 12 heteroatoms. The van der Waals surface area contributed by atoms with Crippen LogP contribution in [0, 0.1) is 0 Å². The second-order valence-electron chi connectivity index (χ2n) is 33.3. The third kappa shape index (κ3) is 17.3. The Balaban J connectivity index is 1.20. The van der Waals surface area contributed by atoms with Gasteiger partial charge in [-0.25, -0.2) is 19.6 Å². The third-order valence-corrected chi connectivity index (χ3v) is 17.8. The summed E-state index contributed by atoms with van der Waals surface area (Å²) in [5.41, 5.74) is 21.0. The van der Waals surface area contributed by atoms with E-state index < -0.39 is 23.7 Å². The summed E-state index contributed by atoms with van der Waals surface area (Å²) in [7, 11) is 0. The largest absolute Gasteiger partial charge is 0.494 e. The van der Waals surface area contributed by atoms with Crippen molar-refractivity contribution in [2.45, 2.75) is 222 Å². The van der Waals surface area contributed by atoms with E-state index in [1.165, 1.54) is 33.4 Å². The number of benzene rings is 4. The van der Waals surface area contributed by atoms with E-state index in [0.29, 0.717) is 38.2 Å².